The van der Waals surface area contributed by atoms with Crippen molar-refractivity contribution >= 4 is 23.6 Å². The summed E-state index contributed by atoms with van der Waals surface area (Å²) in [6.07, 6.45) is 0. The lowest BCUT2D eigenvalue weighted by Gasteiger charge is -2.09. The van der Waals surface area contributed by atoms with Crippen molar-refractivity contribution in [2.24, 2.45) is 0 Å². The van der Waals surface area contributed by atoms with Crippen molar-refractivity contribution in [2.75, 3.05) is 17.7 Å². The van der Waals surface area contributed by atoms with Crippen LogP contribution in [-0.4, -0.2) is 28.9 Å². The minimum Gasteiger partial charge on any atom is -0.497 e. The number of carbonyl (C=O) groups is 2. The molecule has 0 aliphatic rings. The molecule has 0 atom stereocenters. The van der Waals surface area contributed by atoms with Crippen molar-refractivity contribution in [3.63, 3.8) is 0 Å². The zero-order chi connectivity index (χ0) is 20.1. The Labute approximate surface area is 162 Å². The molecule has 7 heteroatoms. The van der Waals surface area contributed by atoms with E-state index in [4.69, 9.17) is 4.74 Å². The molecule has 0 aliphatic heterocycles. The second-order valence-corrected chi connectivity index (χ2v) is 6.23. The summed E-state index contributed by atoms with van der Waals surface area (Å²) in [4.78, 5) is 33.3. The Hall–Kier alpha value is -3.74. The van der Waals surface area contributed by atoms with Crippen molar-refractivity contribution in [3.8, 4) is 5.75 Å². The Morgan fingerprint density at radius 1 is 0.857 bits per heavy atom. The lowest BCUT2D eigenvalue weighted by atomic mass is 10.1. The molecule has 142 valence electrons. The summed E-state index contributed by atoms with van der Waals surface area (Å²) in [6, 6.07) is 15.6. The maximum Gasteiger partial charge on any atom is 0.258 e. The molecule has 0 fully saturated rings. The van der Waals surface area contributed by atoms with Gasteiger partial charge in [0.2, 0.25) is 5.95 Å². The van der Waals surface area contributed by atoms with Crippen molar-refractivity contribution in [2.45, 2.75) is 13.8 Å². The smallest absolute Gasteiger partial charge is 0.258 e. The summed E-state index contributed by atoms with van der Waals surface area (Å²) in [7, 11) is 1.53. The van der Waals surface area contributed by atoms with Crippen molar-refractivity contribution in [1.29, 1.82) is 0 Å². The molecule has 0 bridgehead atoms. The Kier molecular flexibility index (Phi) is 5.64. The van der Waals surface area contributed by atoms with Crippen LogP contribution < -0.4 is 15.4 Å². The van der Waals surface area contributed by atoms with Gasteiger partial charge in [0.25, 0.3) is 11.8 Å². The molecule has 2 aromatic carbocycles. The summed E-state index contributed by atoms with van der Waals surface area (Å²) in [5.74, 6) is 0.323. The number of aromatic nitrogens is 2. The van der Waals surface area contributed by atoms with Crippen LogP contribution >= 0.6 is 0 Å². The molecule has 3 aromatic rings. The SMILES string of the molecule is COc1cccc(C(=O)Nc2nc(C)cc(NC(=O)c3cccc(C)c3)n2)c1. The van der Waals surface area contributed by atoms with E-state index in [0.29, 0.717) is 28.4 Å². The van der Waals surface area contributed by atoms with E-state index in [1.54, 1.807) is 49.4 Å². The maximum atomic E-state index is 12.5. The number of aryl methyl sites for hydroxylation is 2. The van der Waals surface area contributed by atoms with Gasteiger partial charge in [-0.1, -0.05) is 23.8 Å². The molecule has 7 nitrogen and oxygen atoms in total. The lowest BCUT2D eigenvalue weighted by molar-refractivity contribution is 0.101. The molecule has 1 aromatic heterocycles. The van der Waals surface area contributed by atoms with Gasteiger partial charge in [0.15, 0.2) is 0 Å². The Morgan fingerprint density at radius 2 is 1.54 bits per heavy atom. The third-order valence-corrected chi connectivity index (χ3v) is 3.93. The second kappa shape index (κ2) is 8.30. The van der Waals surface area contributed by atoms with E-state index in [2.05, 4.69) is 20.6 Å². The lowest BCUT2D eigenvalue weighted by Crippen LogP contribution is -2.17. The van der Waals surface area contributed by atoms with E-state index in [0.717, 1.165) is 5.56 Å². The topological polar surface area (TPSA) is 93.2 Å². The monoisotopic (exact) mass is 376 g/mol. The fourth-order valence-electron chi connectivity index (χ4n) is 2.60. The average Bonchev–Trinajstić information content (AvgIpc) is 2.67. The highest BCUT2D eigenvalue weighted by molar-refractivity contribution is 6.05. The van der Waals surface area contributed by atoms with Gasteiger partial charge < -0.3 is 10.1 Å². The zero-order valence-corrected chi connectivity index (χ0v) is 15.8. The minimum atomic E-state index is -0.375. The Bertz CT molecular complexity index is 1030. The highest BCUT2D eigenvalue weighted by Gasteiger charge is 2.12. The van der Waals surface area contributed by atoms with Gasteiger partial charge in [-0.2, -0.15) is 4.98 Å². The molecule has 0 saturated carbocycles. The van der Waals surface area contributed by atoms with Crippen LogP contribution in [0.4, 0.5) is 11.8 Å². The molecular weight excluding hydrogens is 356 g/mol. The van der Waals surface area contributed by atoms with Gasteiger partial charge in [-0.3, -0.25) is 14.9 Å². The summed E-state index contributed by atoms with van der Waals surface area (Å²) in [5.41, 5.74) is 2.53. The van der Waals surface area contributed by atoms with Gasteiger partial charge in [-0.25, -0.2) is 4.98 Å². The number of rotatable bonds is 5. The molecule has 1 heterocycles. The van der Waals surface area contributed by atoms with Crippen molar-refractivity contribution in [3.05, 3.63) is 77.0 Å². The number of carbonyl (C=O) groups excluding carboxylic acids is 2. The summed E-state index contributed by atoms with van der Waals surface area (Å²) in [6.45, 7) is 3.67. The van der Waals surface area contributed by atoms with E-state index < -0.39 is 0 Å². The van der Waals surface area contributed by atoms with Crippen LogP contribution in [0, 0.1) is 13.8 Å². The first-order chi connectivity index (χ1) is 13.4. The Morgan fingerprint density at radius 3 is 2.25 bits per heavy atom. The van der Waals surface area contributed by atoms with Crippen LogP contribution in [0.5, 0.6) is 5.75 Å². The van der Waals surface area contributed by atoms with Gasteiger partial charge in [-0.05, 0) is 44.2 Å². The molecule has 2 amide bonds. The minimum absolute atomic E-state index is 0.104. The summed E-state index contributed by atoms with van der Waals surface area (Å²) in [5, 5.41) is 5.38. The molecule has 0 saturated heterocycles. The van der Waals surface area contributed by atoms with Crippen LogP contribution in [-0.2, 0) is 0 Å². The maximum absolute atomic E-state index is 12.5. The molecule has 0 unspecified atom stereocenters. The van der Waals surface area contributed by atoms with E-state index in [1.807, 2.05) is 19.1 Å². The largest absolute Gasteiger partial charge is 0.497 e. The predicted molar refractivity (Wildman–Crippen MR) is 107 cm³/mol. The number of methoxy groups -OCH3 is 1. The van der Waals surface area contributed by atoms with Crippen LogP contribution in [0.15, 0.2) is 54.6 Å². The van der Waals surface area contributed by atoms with Gasteiger partial charge in [0, 0.05) is 22.9 Å². The molecule has 28 heavy (non-hydrogen) atoms. The van der Waals surface area contributed by atoms with E-state index in [-0.39, 0.29) is 17.8 Å². The van der Waals surface area contributed by atoms with Crippen molar-refractivity contribution in [1.82, 2.24) is 9.97 Å². The van der Waals surface area contributed by atoms with Crippen LogP contribution in [0.25, 0.3) is 0 Å². The highest BCUT2D eigenvalue weighted by Crippen LogP contribution is 2.16. The van der Waals surface area contributed by atoms with Gasteiger partial charge in [0.05, 0.1) is 7.11 Å². The molecule has 2 N–H and O–H groups in total. The van der Waals surface area contributed by atoms with Crippen LogP contribution in [0.1, 0.15) is 32.0 Å². The molecule has 3 rings (SSSR count). The fraction of sp³-hybridized carbons (Fsp3) is 0.143. The third kappa shape index (κ3) is 4.70. The first kappa shape index (κ1) is 19.0. The normalized spacial score (nSPS) is 10.2. The third-order valence-electron chi connectivity index (χ3n) is 3.93. The molecular formula is C21H20N4O3. The Balaban J connectivity index is 1.77. The van der Waals surface area contributed by atoms with E-state index in [9.17, 15) is 9.59 Å². The first-order valence-electron chi connectivity index (χ1n) is 8.64. The van der Waals surface area contributed by atoms with Gasteiger partial charge in [0.1, 0.15) is 11.6 Å². The fourth-order valence-corrected chi connectivity index (χ4v) is 2.60. The number of amides is 2. The number of anilines is 2. The van der Waals surface area contributed by atoms with Gasteiger partial charge >= 0.3 is 0 Å². The summed E-state index contributed by atoms with van der Waals surface area (Å²) >= 11 is 0. The molecule has 0 radical (unpaired) electrons. The number of ether oxygens (including phenoxy) is 1. The standard InChI is InChI=1S/C21H20N4O3/c1-13-6-4-7-15(10-13)19(26)23-18-11-14(2)22-21(24-18)25-20(27)16-8-5-9-17(12-16)28-3/h4-12H,1-3H3,(H2,22,23,24,25,26,27). The van der Waals surface area contributed by atoms with Crippen LogP contribution in [0.2, 0.25) is 0 Å². The molecule has 0 aliphatic carbocycles. The number of hydrogen-bond acceptors (Lipinski definition) is 5. The quantitative estimate of drug-likeness (QED) is 0.710. The van der Waals surface area contributed by atoms with Crippen molar-refractivity contribution < 1.29 is 14.3 Å². The second-order valence-electron chi connectivity index (χ2n) is 6.23. The predicted octanol–water partition coefficient (Wildman–Crippen LogP) is 3.61. The van der Waals surface area contributed by atoms with E-state index >= 15 is 0 Å². The number of benzene rings is 2. The van der Waals surface area contributed by atoms with Gasteiger partial charge in [-0.15, -0.1) is 0 Å². The average molecular weight is 376 g/mol. The zero-order valence-electron chi connectivity index (χ0n) is 15.8. The first-order valence-corrected chi connectivity index (χ1v) is 8.64. The highest BCUT2D eigenvalue weighted by atomic mass is 16.5. The number of nitrogens with zero attached hydrogens (tertiary/aromatic N) is 2. The van der Waals surface area contributed by atoms with Crippen LogP contribution in [0.3, 0.4) is 0 Å². The number of hydrogen-bond donors (Lipinski definition) is 2. The van der Waals surface area contributed by atoms with E-state index in [1.165, 1.54) is 7.11 Å². The molecule has 0 spiro atoms. The summed E-state index contributed by atoms with van der Waals surface area (Å²) < 4.78 is 5.13. The number of nitrogens with one attached hydrogen (secondary N) is 2.